The van der Waals surface area contributed by atoms with Gasteiger partial charge in [-0.05, 0) is 80.1 Å². The van der Waals surface area contributed by atoms with Crippen LogP contribution in [0.3, 0.4) is 0 Å². The van der Waals surface area contributed by atoms with Gasteiger partial charge in [0.25, 0.3) is 0 Å². The Labute approximate surface area is 193 Å². The molecule has 1 saturated heterocycles. The number of phenolic OH excluding ortho intramolecular Hbond substituents is 1. The number of benzene rings is 1. The van der Waals surface area contributed by atoms with Crippen LogP contribution in [-0.2, 0) is 15.0 Å². The van der Waals surface area contributed by atoms with E-state index >= 15 is 0 Å². The highest BCUT2D eigenvalue weighted by Gasteiger charge is 2.38. The first-order valence-corrected chi connectivity index (χ1v) is 12.6. The van der Waals surface area contributed by atoms with Gasteiger partial charge in [0.15, 0.2) is 0 Å². The zero-order valence-corrected chi connectivity index (χ0v) is 20.0. The summed E-state index contributed by atoms with van der Waals surface area (Å²) >= 11 is 0. The van der Waals surface area contributed by atoms with E-state index in [9.17, 15) is 14.7 Å². The predicted octanol–water partition coefficient (Wildman–Crippen LogP) is 4.80. The van der Waals surface area contributed by atoms with Gasteiger partial charge in [0.1, 0.15) is 11.5 Å². The molecule has 0 radical (unpaired) electrons. The van der Waals surface area contributed by atoms with Gasteiger partial charge in [-0.1, -0.05) is 45.2 Å². The molecule has 1 aliphatic heterocycles. The first kappa shape index (κ1) is 24.8. The van der Waals surface area contributed by atoms with E-state index in [2.05, 4.69) is 24.8 Å². The van der Waals surface area contributed by atoms with Crippen LogP contribution in [0.5, 0.6) is 5.75 Å². The Bertz CT molecular complexity index is 774. The molecule has 1 saturated carbocycles. The summed E-state index contributed by atoms with van der Waals surface area (Å²) < 4.78 is 0. The third-order valence-electron chi connectivity index (χ3n) is 8.31. The highest BCUT2D eigenvalue weighted by Crippen LogP contribution is 2.41. The lowest BCUT2D eigenvalue weighted by atomic mass is 9.68. The minimum atomic E-state index is -0.316. The smallest absolute Gasteiger partial charge is 0.217 e. The molecule has 3 rings (SSSR count). The van der Waals surface area contributed by atoms with Gasteiger partial charge in [-0.3, -0.25) is 9.59 Å². The van der Waals surface area contributed by atoms with Gasteiger partial charge in [0.05, 0.1) is 0 Å². The van der Waals surface area contributed by atoms with Crippen molar-refractivity contribution in [1.29, 1.82) is 0 Å². The molecule has 2 aliphatic rings. The van der Waals surface area contributed by atoms with Gasteiger partial charge < -0.3 is 15.7 Å². The summed E-state index contributed by atoms with van der Waals surface area (Å²) in [4.78, 5) is 26.7. The molecule has 3 N–H and O–H groups in total. The van der Waals surface area contributed by atoms with Crippen LogP contribution in [0.15, 0.2) is 24.3 Å². The number of hydrogen-bond acceptors (Lipinski definition) is 4. The van der Waals surface area contributed by atoms with Gasteiger partial charge in [0.2, 0.25) is 5.91 Å². The summed E-state index contributed by atoms with van der Waals surface area (Å²) in [6.45, 7) is 7.62. The summed E-state index contributed by atoms with van der Waals surface area (Å²) in [6, 6.07) is 7.72. The van der Waals surface area contributed by atoms with Gasteiger partial charge in [0, 0.05) is 25.3 Å². The van der Waals surface area contributed by atoms with Crippen LogP contribution < -0.4 is 5.73 Å². The van der Waals surface area contributed by atoms with E-state index < -0.39 is 0 Å². The Kier molecular flexibility index (Phi) is 8.75. The number of carbonyl (C=O) groups is 2. The van der Waals surface area contributed by atoms with Crippen molar-refractivity contribution in [1.82, 2.24) is 4.90 Å². The van der Waals surface area contributed by atoms with Crippen LogP contribution in [0.4, 0.5) is 0 Å². The lowest BCUT2D eigenvalue weighted by Gasteiger charge is -2.45. The molecule has 0 bridgehead atoms. The second kappa shape index (κ2) is 11.3. The summed E-state index contributed by atoms with van der Waals surface area (Å²) in [5.41, 5.74) is 6.54. The average Bonchev–Trinajstić information content (AvgIpc) is 2.77. The van der Waals surface area contributed by atoms with E-state index in [1.165, 1.54) is 24.8 Å². The first-order chi connectivity index (χ1) is 15.3. The number of primary amides is 1. The van der Waals surface area contributed by atoms with Crippen LogP contribution >= 0.6 is 0 Å². The number of amides is 1. The highest BCUT2D eigenvalue weighted by molar-refractivity contribution is 5.82. The second-order valence-corrected chi connectivity index (χ2v) is 10.5. The molecule has 1 amide bonds. The number of rotatable bonds is 10. The number of nitrogens with two attached hydrogens (primary N) is 1. The van der Waals surface area contributed by atoms with E-state index in [-0.39, 0.29) is 17.2 Å². The Hall–Kier alpha value is -1.88. The van der Waals surface area contributed by atoms with Crippen LogP contribution in [0.2, 0.25) is 0 Å². The van der Waals surface area contributed by atoms with E-state index in [4.69, 9.17) is 5.73 Å². The Morgan fingerprint density at radius 2 is 1.97 bits per heavy atom. The fourth-order valence-corrected chi connectivity index (χ4v) is 5.95. The molecule has 1 aromatic carbocycles. The van der Waals surface area contributed by atoms with Gasteiger partial charge in [-0.15, -0.1) is 0 Å². The van der Waals surface area contributed by atoms with Crippen LogP contribution in [-0.4, -0.2) is 41.3 Å². The lowest BCUT2D eigenvalue weighted by Crippen LogP contribution is -2.48. The Balaban J connectivity index is 1.58. The van der Waals surface area contributed by atoms with Crippen molar-refractivity contribution in [2.75, 3.05) is 19.6 Å². The Morgan fingerprint density at radius 1 is 1.22 bits per heavy atom. The minimum absolute atomic E-state index is 0.0581. The van der Waals surface area contributed by atoms with Crippen molar-refractivity contribution in [3.05, 3.63) is 29.8 Å². The number of ketones is 1. The minimum Gasteiger partial charge on any atom is -0.508 e. The molecular formula is C27H42N2O3. The largest absolute Gasteiger partial charge is 0.508 e. The quantitative estimate of drug-likeness (QED) is 0.545. The average molecular weight is 443 g/mol. The monoisotopic (exact) mass is 442 g/mol. The number of nitrogens with zero attached hydrogens (tertiary/aromatic N) is 1. The molecule has 1 aliphatic carbocycles. The molecule has 5 heteroatoms. The fourth-order valence-electron chi connectivity index (χ4n) is 5.95. The zero-order valence-electron chi connectivity index (χ0n) is 20.0. The summed E-state index contributed by atoms with van der Waals surface area (Å²) in [6.07, 6.45) is 9.44. The van der Waals surface area contributed by atoms with E-state index in [1.54, 1.807) is 6.07 Å². The molecule has 0 spiro atoms. The summed E-state index contributed by atoms with van der Waals surface area (Å²) in [7, 11) is 0. The van der Waals surface area contributed by atoms with E-state index in [0.717, 1.165) is 45.3 Å². The molecule has 5 nitrogen and oxygen atoms in total. The van der Waals surface area contributed by atoms with Gasteiger partial charge in [-0.25, -0.2) is 0 Å². The number of Topliss-reactive ketones (excluding diaryl/α,β-unsaturated/α-hetero) is 1. The molecule has 0 aromatic heterocycles. The predicted molar refractivity (Wildman–Crippen MR) is 128 cm³/mol. The topological polar surface area (TPSA) is 83.6 Å². The first-order valence-electron chi connectivity index (χ1n) is 12.6. The zero-order chi connectivity index (χ0) is 23.1. The van der Waals surface area contributed by atoms with Crippen molar-refractivity contribution >= 4 is 11.7 Å². The van der Waals surface area contributed by atoms with Crippen molar-refractivity contribution < 1.29 is 14.7 Å². The maximum atomic E-state index is 13.1. The van der Waals surface area contributed by atoms with Crippen molar-refractivity contribution in [3.8, 4) is 5.75 Å². The van der Waals surface area contributed by atoms with E-state index in [0.29, 0.717) is 42.6 Å². The maximum absolute atomic E-state index is 13.1. The second-order valence-electron chi connectivity index (χ2n) is 10.5. The van der Waals surface area contributed by atoms with Gasteiger partial charge >= 0.3 is 0 Å². The molecule has 3 atom stereocenters. The molecule has 1 heterocycles. The fraction of sp³-hybridized carbons (Fsp3) is 0.704. The molecular weight excluding hydrogens is 400 g/mol. The maximum Gasteiger partial charge on any atom is 0.217 e. The standard InChI is InChI=1S/C27H42N2O3/c1-20-19-29(17-15-27(20,2)22-10-6-11-23(30)18-22)16-14-24(21-8-4-3-5-9-21)25(31)12-7-13-26(28)32/h6,10-11,18,20-21,24,30H,3-5,7-9,12-17,19H2,1-2H3,(H2,28,32). The number of likely N-dealkylation sites (tertiary alicyclic amines) is 1. The number of phenols is 1. The SMILES string of the molecule is CC1CN(CCC(C(=O)CCCC(N)=O)C2CCCCC2)CCC1(C)c1cccc(O)c1. The highest BCUT2D eigenvalue weighted by atomic mass is 16.3. The molecule has 32 heavy (non-hydrogen) atoms. The van der Waals surface area contributed by atoms with Gasteiger partial charge in [-0.2, -0.15) is 0 Å². The summed E-state index contributed by atoms with van der Waals surface area (Å²) in [5, 5.41) is 9.94. The Morgan fingerprint density at radius 3 is 2.62 bits per heavy atom. The van der Waals surface area contributed by atoms with Crippen LogP contribution in [0, 0.1) is 17.8 Å². The van der Waals surface area contributed by atoms with Crippen molar-refractivity contribution in [3.63, 3.8) is 0 Å². The normalized spacial score (nSPS) is 26.0. The third kappa shape index (κ3) is 6.34. The molecule has 178 valence electrons. The molecule has 2 fully saturated rings. The van der Waals surface area contributed by atoms with Crippen molar-refractivity contribution in [2.24, 2.45) is 23.5 Å². The number of piperidine rings is 1. The lowest BCUT2D eigenvalue weighted by molar-refractivity contribution is -0.125. The van der Waals surface area contributed by atoms with Crippen LogP contribution in [0.25, 0.3) is 0 Å². The summed E-state index contributed by atoms with van der Waals surface area (Å²) in [5.74, 6) is 1.46. The molecule has 1 aromatic rings. The molecule has 3 unspecified atom stereocenters. The number of aromatic hydroxyl groups is 1. The van der Waals surface area contributed by atoms with Crippen molar-refractivity contribution in [2.45, 2.75) is 83.5 Å². The van der Waals surface area contributed by atoms with E-state index in [1.807, 2.05) is 12.1 Å². The number of carbonyl (C=O) groups excluding carboxylic acids is 2. The number of hydrogen-bond donors (Lipinski definition) is 2. The third-order valence-corrected chi connectivity index (χ3v) is 8.31. The van der Waals surface area contributed by atoms with Crippen LogP contribution in [0.1, 0.15) is 83.6 Å².